The molecule has 0 aliphatic heterocycles. The second kappa shape index (κ2) is 7.31. The second-order valence-electron chi connectivity index (χ2n) is 4.48. The lowest BCUT2D eigenvalue weighted by atomic mass is 10.1. The number of phenolic OH excluding ortho intramolecular Hbond substituents is 1. The van der Waals surface area contributed by atoms with Crippen LogP contribution in [0.1, 0.15) is 15.9 Å². The van der Waals surface area contributed by atoms with Gasteiger partial charge in [-0.25, -0.2) is 0 Å². The lowest BCUT2D eigenvalue weighted by molar-refractivity contribution is 0.104. The predicted molar refractivity (Wildman–Crippen MR) is 93.7 cm³/mol. The minimum Gasteiger partial charge on any atom is -0.504 e. The Morgan fingerprint density at radius 1 is 1.14 bits per heavy atom. The molecule has 22 heavy (non-hydrogen) atoms. The zero-order valence-corrected chi connectivity index (χ0v) is 14.3. The lowest BCUT2D eigenvalue weighted by Crippen LogP contribution is -1.94. The van der Waals surface area contributed by atoms with Crippen LogP contribution in [0.25, 0.3) is 6.08 Å². The van der Waals surface area contributed by atoms with Gasteiger partial charge in [0.2, 0.25) is 0 Å². The Labute approximate surface area is 142 Å². The molecule has 1 N–H and O–H groups in total. The van der Waals surface area contributed by atoms with Crippen LogP contribution in [-0.4, -0.2) is 25.1 Å². The lowest BCUT2D eigenvalue weighted by Gasteiger charge is -2.06. The highest BCUT2D eigenvalue weighted by atomic mass is 127. The van der Waals surface area contributed by atoms with Gasteiger partial charge < -0.3 is 14.6 Å². The van der Waals surface area contributed by atoms with Gasteiger partial charge in [-0.1, -0.05) is 6.08 Å². The van der Waals surface area contributed by atoms with Crippen molar-refractivity contribution in [2.45, 2.75) is 0 Å². The molecule has 0 bridgehead atoms. The van der Waals surface area contributed by atoms with Crippen molar-refractivity contribution in [3.05, 3.63) is 57.2 Å². The van der Waals surface area contributed by atoms with E-state index in [0.717, 1.165) is 5.56 Å². The summed E-state index contributed by atoms with van der Waals surface area (Å²) >= 11 is 2.01. The maximum Gasteiger partial charge on any atom is 0.185 e. The molecule has 4 nitrogen and oxygen atoms in total. The number of carbonyl (C=O) groups excluding carboxylic acids is 1. The van der Waals surface area contributed by atoms with Crippen LogP contribution in [-0.2, 0) is 0 Å². The first-order valence-electron chi connectivity index (χ1n) is 6.48. The van der Waals surface area contributed by atoms with Crippen LogP contribution >= 0.6 is 22.6 Å². The molecule has 2 rings (SSSR count). The average Bonchev–Trinajstić information content (AvgIpc) is 2.55. The van der Waals surface area contributed by atoms with E-state index in [1.54, 1.807) is 49.6 Å². The topological polar surface area (TPSA) is 55.8 Å². The van der Waals surface area contributed by atoms with Gasteiger partial charge in [-0.3, -0.25) is 4.79 Å². The summed E-state index contributed by atoms with van der Waals surface area (Å²) in [6.07, 6.45) is 3.18. The predicted octanol–water partition coefficient (Wildman–Crippen LogP) is 3.91. The Hall–Kier alpha value is -2.02. The Balaban J connectivity index is 2.20. The number of hydrogen-bond acceptors (Lipinski definition) is 4. The van der Waals surface area contributed by atoms with E-state index in [9.17, 15) is 9.90 Å². The van der Waals surface area contributed by atoms with Gasteiger partial charge in [0.1, 0.15) is 5.75 Å². The molecule has 5 heteroatoms. The van der Waals surface area contributed by atoms with Gasteiger partial charge in [0.15, 0.2) is 17.3 Å². The molecular weight excluding hydrogens is 395 g/mol. The number of rotatable bonds is 5. The minimum atomic E-state index is -0.107. The zero-order valence-electron chi connectivity index (χ0n) is 12.2. The summed E-state index contributed by atoms with van der Waals surface area (Å²) < 4.78 is 10.8. The fourth-order valence-electron chi connectivity index (χ4n) is 1.87. The van der Waals surface area contributed by atoms with Crippen LogP contribution in [0.2, 0.25) is 0 Å². The maximum atomic E-state index is 12.1. The third-order valence-corrected chi connectivity index (χ3v) is 3.89. The van der Waals surface area contributed by atoms with Gasteiger partial charge in [-0.15, -0.1) is 0 Å². The molecule has 0 aliphatic rings. The van der Waals surface area contributed by atoms with Crippen molar-refractivity contribution in [1.82, 2.24) is 0 Å². The summed E-state index contributed by atoms with van der Waals surface area (Å²) in [7, 11) is 3.07. The molecule has 0 aromatic heterocycles. The summed E-state index contributed by atoms with van der Waals surface area (Å²) in [5.41, 5.74) is 1.36. The summed E-state index contributed by atoms with van der Waals surface area (Å²) in [6, 6.07) is 10.4. The first-order chi connectivity index (χ1) is 10.5. The van der Waals surface area contributed by atoms with E-state index in [2.05, 4.69) is 0 Å². The number of allylic oxidation sites excluding steroid dienone is 1. The Kier molecular flexibility index (Phi) is 5.43. The monoisotopic (exact) mass is 410 g/mol. The third-order valence-electron chi connectivity index (χ3n) is 3.07. The van der Waals surface area contributed by atoms with Crippen LogP contribution in [0.3, 0.4) is 0 Å². The molecule has 0 radical (unpaired) electrons. The number of carbonyl (C=O) groups is 1. The highest BCUT2D eigenvalue weighted by Gasteiger charge is 2.08. The molecule has 114 valence electrons. The summed E-state index contributed by atoms with van der Waals surface area (Å²) in [5.74, 6) is 1.08. The molecule has 0 heterocycles. The largest absolute Gasteiger partial charge is 0.504 e. The number of ether oxygens (including phenoxy) is 2. The average molecular weight is 410 g/mol. The molecule has 0 saturated heterocycles. The number of hydrogen-bond donors (Lipinski definition) is 1. The van der Waals surface area contributed by atoms with Gasteiger partial charge in [-0.05, 0) is 70.6 Å². The molecule has 0 fully saturated rings. The van der Waals surface area contributed by atoms with Crippen molar-refractivity contribution in [1.29, 1.82) is 0 Å². The number of ketones is 1. The summed E-state index contributed by atoms with van der Waals surface area (Å²) in [5, 5.41) is 9.79. The zero-order chi connectivity index (χ0) is 16.1. The Morgan fingerprint density at radius 2 is 1.82 bits per heavy atom. The molecule has 0 unspecified atom stereocenters. The van der Waals surface area contributed by atoms with Crippen molar-refractivity contribution in [3.8, 4) is 17.2 Å². The molecular formula is C17H15IO4. The number of halogens is 1. The van der Waals surface area contributed by atoms with Crippen LogP contribution in [0, 0.1) is 3.57 Å². The smallest absolute Gasteiger partial charge is 0.185 e. The van der Waals surface area contributed by atoms with Gasteiger partial charge in [-0.2, -0.15) is 0 Å². The maximum absolute atomic E-state index is 12.1. The number of aromatic hydroxyl groups is 1. The van der Waals surface area contributed by atoms with Crippen molar-refractivity contribution < 1.29 is 19.4 Å². The number of methoxy groups -OCH3 is 2. The summed E-state index contributed by atoms with van der Waals surface area (Å²) in [4.78, 5) is 12.1. The van der Waals surface area contributed by atoms with Crippen molar-refractivity contribution in [3.63, 3.8) is 0 Å². The van der Waals surface area contributed by atoms with Crippen LogP contribution in [0.4, 0.5) is 0 Å². The normalized spacial score (nSPS) is 10.7. The quantitative estimate of drug-likeness (QED) is 0.462. The molecule has 0 aliphatic carbocycles. The van der Waals surface area contributed by atoms with E-state index in [0.29, 0.717) is 20.6 Å². The molecule has 0 spiro atoms. The van der Waals surface area contributed by atoms with E-state index in [4.69, 9.17) is 9.47 Å². The number of phenols is 1. The first-order valence-corrected chi connectivity index (χ1v) is 7.56. The van der Waals surface area contributed by atoms with Crippen molar-refractivity contribution in [2.75, 3.05) is 14.2 Å². The standard InChI is InChI=1S/C17H15IO4/c1-21-13-6-4-12(5-7-13)15(19)8-3-11-9-14(18)17(20)16(10-11)22-2/h3-10,20H,1-2H3/b8-3+. The number of benzene rings is 2. The SMILES string of the molecule is COc1ccc(C(=O)/C=C/c2cc(I)c(O)c(OC)c2)cc1. The molecule has 0 saturated carbocycles. The first kappa shape index (κ1) is 16.4. The fraction of sp³-hybridized carbons (Fsp3) is 0.118. The van der Waals surface area contributed by atoms with Crippen LogP contribution in [0.15, 0.2) is 42.5 Å². The molecule has 2 aromatic carbocycles. The molecule has 0 atom stereocenters. The second-order valence-corrected chi connectivity index (χ2v) is 5.64. The highest BCUT2D eigenvalue weighted by Crippen LogP contribution is 2.32. The van der Waals surface area contributed by atoms with Crippen molar-refractivity contribution in [2.24, 2.45) is 0 Å². The Bertz CT molecular complexity index is 705. The highest BCUT2D eigenvalue weighted by molar-refractivity contribution is 14.1. The van der Waals surface area contributed by atoms with E-state index < -0.39 is 0 Å². The fourth-order valence-corrected chi connectivity index (χ4v) is 2.49. The van der Waals surface area contributed by atoms with Crippen LogP contribution < -0.4 is 9.47 Å². The van der Waals surface area contributed by atoms with Crippen LogP contribution in [0.5, 0.6) is 17.2 Å². The van der Waals surface area contributed by atoms with Gasteiger partial charge in [0.25, 0.3) is 0 Å². The van der Waals surface area contributed by atoms with E-state index in [1.165, 1.54) is 13.2 Å². The van der Waals surface area contributed by atoms with E-state index >= 15 is 0 Å². The van der Waals surface area contributed by atoms with Crippen molar-refractivity contribution >= 4 is 34.5 Å². The minimum absolute atomic E-state index is 0.0988. The van der Waals surface area contributed by atoms with E-state index in [1.807, 2.05) is 22.6 Å². The third kappa shape index (κ3) is 3.79. The van der Waals surface area contributed by atoms with Gasteiger partial charge in [0.05, 0.1) is 17.8 Å². The van der Waals surface area contributed by atoms with Gasteiger partial charge in [0, 0.05) is 5.56 Å². The van der Waals surface area contributed by atoms with E-state index in [-0.39, 0.29) is 11.5 Å². The Morgan fingerprint density at radius 3 is 2.41 bits per heavy atom. The van der Waals surface area contributed by atoms with Gasteiger partial charge >= 0.3 is 0 Å². The molecule has 2 aromatic rings. The summed E-state index contributed by atoms with van der Waals surface area (Å²) in [6.45, 7) is 0. The molecule has 0 amide bonds.